The number of fused-ring (bicyclic) bond motifs is 3. The van der Waals surface area contributed by atoms with Crippen molar-refractivity contribution in [3.05, 3.63) is 76.8 Å². The van der Waals surface area contributed by atoms with Gasteiger partial charge in [0.1, 0.15) is 0 Å². The van der Waals surface area contributed by atoms with Crippen molar-refractivity contribution in [1.29, 1.82) is 0 Å². The number of para-hydroxylation sites is 1. The molecule has 0 amide bonds. The third-order valence-electron chi connectivity index (χ3n) is 3.72. The molecule has 0 saturated carbocycles. The van der Waals surface area contributed by atoms with Crippen molar-refractivity contribution in [2.45, 2.75) is 0 Å². The minimum Gasteiger partial charge on any atom is -0.354 e. The van der Waals surface area contributed by atoms with Crippen molar-refractivity contribution in [1.82, 2.24) is 4.98 Å². The van der Waals surface area contributed by atoms with Crippen LogP contribution in [0, 0.1) is 0 Å². The molecule has 106 valence electrons. The number of aromatic nitrogens is 1. The van der Waals surface area contributed by atoms with Crippen LogP contribution in [0.4, 0.5) is 5.69 Å². The molecule has 0 spiro atoms. The molecular formula is C19H13BrN2. The van der Waals surface area contributed by atoms with E-state index in [4.69, 9.17) is 0 Å². The van der Waals surface area contributed by atoms with Crippen LogP contribution in [0.5, 0.6) is 0 Å². The standard InChI is InChI=1S/C19H13BrN2/c20-14-6-8-15(9-7-14)21-12-13-5-10-17-16-3-1-2-4-18(16)22-19(17)11-13/h1-12,22H. The normalized spacial score (nSPS) is 11.7. The molecule has 0 saturated heterocycles. The first-order valence-corrected chi connectivity index (χ1v) is 7.89. The van der Waals surface area contributed by atoms with Gasteiger partial charge in [-0.3, -0.25) is 4.99 Å². The van der Waals surface area contributed by atoms with Crippen LogP contribution in [0.1, 0.15) is 5.56 Å². The fraction of sp³-hybridized carbons (Fsp3) is 0. The molecule has 1 N–H and O–H groups in total. The Kier molecular flexibility index (Phi) is 3.28. The fourth-order valence-corrected chi connectivity index (χ4v) is 2.89. The van der Waals surface area contributed by atoms with Crippen LogP contribution in [0.2, 0.25) is 0 Å². The Hall–Kier alpha value is -2.39. The number of rotatable bonds is 2. The van der Waals surface area contributed by atoms with E-state index in [1.54, 1.807) is 0 Å². The van der Waals surface area contributed by atoms with Crippen molar-refractivity contribution in [2.24, 2.45) is 4.99 Å². The predicted octanol–water partition coefficient (Wildman–Crippen LogP) is 5.83. The van der Waals surface area contributed by atoms with Crippen LogP contribution in [0.25, 0.3) is 21.8 Å². The summed E-state index contributed by atoms with van der Waals surface area (Å²) in [4.78, 5) is 7.97. The van der Waals surface area contributed by atoms with Gasteiger partial charge in [-0.25, -0.2) is 0 Å². The Morgan fingerprint density at radius 3 is 2.45 bits per heavy atom. The van der Waals surface area contributed by atoms with E-state index in [0.29, 0.717) is 0 Å². The minimum absolute atomic E-state index is 0.944. The SMILES string of the molecule is Brc1ccc(N=Cc2ccc3c(c2)[nH]c2ccccc23)cc1. The van der Waals surface area contributed by atoms with Gasteiger partial charge in [0.2, 0.25) is 0 Å². The van der Waals surface area contributed by atoms with E-state index in [1.807, 2.05) is 36.5 Å². The van der Waals surface area contributed by atoms with Crippen molar-refractivity contribution < 1.29 is 0 Å². The number of aromatic amines is 1. The van der Waals surface area contributed by atoms with Gasteiger partial charge in [-0.15, -0.1) is 0 Å². The van der Waals surface area contributed by atoms with E-state index in [9.17, 15) is 0 Å². The van der Waals surface area contributed by atoms with E-state index in [2.05, 4.69) is 62.3 Å². The lowest BCUT2D eigenvalue weighted by molar-refractivity contribution is 1.51. The largest absolute Gasteiger partial charge is 0.354 e. The molecule has 0 aliphatic heterocycles. The van der Waals surface area contributed by atoms with Crippen LogP contribution >= 0.6 is 15.9 Å². The van der Waals surface area contributed by atoms with Gasteiger partial charge in [-0.2, -0.15) is 0 Å². The second-order valence-corrected chi connectivity index (χ2v) is 6.13. The van der Waals surface area contributed by atoms with Gasteiger partial charge < -0.3 is 4.98 Å². The van der Waals surface area contributed by atoms with Gasteiger partial charge in [0.05, 0.1) is 5.69 Å². The van der Waals surface area contributed by atoms with E-state index in [-0.39, 0.29) is 0 Å². The van der Waals surface area contributed by atoms with Crippen LogP contribution in [0.15, 0.2) is 76.2 Å². The second-order valence-electron chi connectivity index (χ2n) is 5.21. The number of benzene rings is 3. The molecule has 2 nitrogen and oxygen atoms in total. The summed E-state index contributed by atoms with van der Waals surface area (Å²) in [7, 11) is 0. The smallest absolute Gasteiger partial charge is 0.0630 e. The Balaban J connectivity index is 1.73. The van der Waals surface area contributed by atoms with Crippen LogP contribution in [0.3, 0.4) is 0 Å². The van der Waals surface area contributed by atoms with E-state index in [1.165, 1.54) is 16.3 Å². The molecule has 0 aliphatic rings. The third-order valence-corrected chi connectivity index (χ3v) is 4.25. The first kappa shape index (κ1) is 13.3. The van der Waals surface area contributed by atoms with Crippen molar-refractivity contribution in [2.75, 3.05) is 0 Å². The average Bonchev–Trinajstić information content (AvgIpc) is 2.92. The number of hydrogen-bond donors (Lipinski definition) is 1. The number of halogens is 1. The van der Waals surface area contributed by atoms with Gasteiger partial charge in [0, 0.05) is 32.5 Å². The van der Waals surface area contributed by atoms with Crippen molar-refractivity contribution in [3.63, 3.8) is 0 Å². The summed E-state index contributed by atoms with van der Waals surface area (Å²) in [5.74, 6) is 0. The van der Waals surface area contributed by atoms with Gasteiger partial charge in [0.25, 0.3) is 0 Å². The lowest BCUT2D eigenvalue weighted by Crippen LogP contribution is -1.80. The maximum absolute atomic E-state index is 4.52. The second kappa shape index (κ2) is 5.43. The highest BCUT2D eigenvalue weighted by molar-refractivity contribution is 9.10. The summed E-state index contributed by atoms with van der Waals surface area (Å²) >= 11 is 3.43. The Labute approximate surface area is 136 Å². The fourth-order valence-electron chi connectivity index (χ4n) is 2.63. The number of nitrogens with one attached hydrogen (secondary N) is 1. The molecule has 0 aliphatic carbocycles. The summed E-state index contributed by atoms with van der Waals surface area (Å²) in [5, 5.41) is 2.50. The third kappa shape index (κ3) is 2.44. The minimum atomic E-state index is 0.944. The van der Waals surface area contributed by atoms with Gasteiger partial charge in [-0.1, -0.05) is 46.3 Å². The lowest BCUT2D eigenvalue weighted by atomic mass is 10.1. The molecular weight excluding hydrogens is 336 g/mol. The van der Waals surface area contributed by atoms with Crippen LogP contribution in [-0.2, 0) is 0 Å². The Morgan fingerprint density at radius 1 is 0.818 bits per heavy atom. The Bertz CT molecular complexity index is 981. The van der Waals surface area contributed by atoms with Crippen molar-refractivity contribution in [3.8, 4) is 0 Å². The number of aliphatic imine (C=N–C) groups is 1. The molecule has 1 heterocycles. The molecule has 4 rings (SSSR count). The zero-order valence-corrected chi connectivity index (χ0v) is 13.3. The molecule has 0 fully saturated rings. The molecule has 0 unspecified atom stereocenters. The quantitative estimate of drug-likeness (QED) is 0.441. The maximum atomic E-state index is 4.52. The molecule has 1 aromatic heterocycles. The van der Waals surface area contributed by atoms with Gasteiger partial charge in [0.15, 0.2) is 0 Å². The lowest BCUT2D eigenvalue weighted by Gasteiger charge is -1.96. The number of hydrogen-bond acceptors (Lipinski definition) is 1. The highest BCUT2D eigenvalue weighted by Crippen LogP contribution is 2.25. The molecule has 0 radical (unpaired) electrons. The highest BCUT2D eigenvalue weighted by atomic mass is 79.9. The molecule has 22 heavy (non-hydrogen) atoms. The molecule has 3 aromatic carbocycles. The monoisotopic (exact) mass is 348 g/mol. The van der Waals surface area contributed by atoms with Crippen molar-refractivity contribution >= 4 is 49.6 Å². The first-order valence-electron chi connectivity index (χ1n) is 7.10. The van der Waals surface area contributed by atoms with E-state index in [0.717, 1.165) is 21.2 Å². The summed E-state index contributed by atoms with van der Waals surface area (Å²) in [5.41, 5.74) is 4.34. The average molecular weight is 349 g/mol. The van der Waals surface area contributed by atoms with Crippen LogP contribution in [-0.4, -0.2) is 11.2 Å². The summed E-state index contributed by atoms with van der Waals surface area (Å²) in [6.07, 6.45) is 1.90. The zero-order valence-electron chi connectivity index (χ0n) is 11.8. The van der Waals surface area contributed by atoms with E-state index < -0.39 is 0 Å². The molecule has 0 atom stereocenters. The topological polar surface area (TPSA) is 28.1 Å². The number of nitrogens with zero attached hydrogens (tertiary/aromatic N) is 1. The highest BCUT2D eigenvalue weighted by Gasteiger charge is 2.03. The van der Waals surface area contributed by atoms with E-state index >= 15 is 0 Å². The predicted molar refractivity (Wildman–Crippen MR) is 97.2 cm³/mol. The zero-order chi connectivity index (χ0) is 14.9. The van der Waals surface area contributed by atoms with Crippen LogP contribution < -0.4 is 0 Å². The molecule has 4 aromatic rings. The summed E-state index contributed by atoms with van der Waals surface area (Å²) in [6, 6.07) is 22.7. The maximum Gasteiger partial charge on any atom is 0.0630 e. The summed E-state index contributed by atoms with van der Waals surface area (Å²) in [6.45, 7) is 0. The summed E-state index contributed by atoms with van der Waals surface area (Å²) < 4.78 is 1.06. The van der Waals surface area contributed by atoms with Gasteiger partial charge >= 0.3 is 0 Å². The molecule has 3 heteroatoms. The molecule has 0 bridgehead atoms. The number of H-pyrrole nitrogens is 1. The Morgan fingerprint density at radius 2 is 1.59 bits per heavy atom. The van der Waals surface area contributed by atoms with Gasteiger partial charge in [-0.05, 0) is 42.0 Å². The first-order chi connectivity index (χ1) is 10.8.